The molecule has 0 saturated heterocycles. The Morgan fingerprint density at radius 1 is 1.24 bits per heavy atom. The van der Waals surface area contributed by atoms with Gasteiger partial charge in [-0.25, -0.2) is 0 Å². The topological polar surface area (TPSA) is 43.1 Å². The first-order valence-electron chi connectivity index (χ1n) is 6.08. The minimum absolute atomic E-state index is 0.547. The molecule has 17 heavy (non-hydrogen) atoms. The summed E-state index contributed by atoms with van der Waals surface area (Å²) in [6.45, 7) is 2.19. The standard InChI is InChI=1S/C13H20ClNOS/c1-2-3-4-5-6-9-17(16)13-10-11(15)7-8-12(13)14/h7-8,10H,2-6,9,15H2,1H3. The highest BCUT2D eigenvalue weighted by atomic mass is 35.5. The molecule has 0 saturated carbocycles. The molecular formula is C13H20ClNOS. The molecule has 0 amide bonds. The Kier molecular flexibility index (Phi) is 6.60. The minimum Gasteiger partial charge on any atom is -0.399 e. The van der Waals surface area contributed by atoms with Gasteiger partial charge in [0.1, 0.15) is 0 Å². The monoisotopic (exact) mass is 273 g/mol. The molecular weight excluding hydrogens is 254 g/mol. The third-order valence-corrected chi connectivity index (χ3v) is 4.56. The molecule has 0 fully saturated rings. The van der Waals surface area contributed by atoms with Crippen molar-refractivity contribution in [3.8, 4) is 0 Å². The van der Waals surface area contributed by atoms with Crippen molar-refractivity contribution in [3.63, 3.8) is 0 Å². The van der Waals surface area contributed by atoms with E-state index in [2.05, 4.69) is 6.92 Å². The van der Waals surface area contributed by atoms with E-state index in [-0.39, 0.29) is 0 Å². The van der Waals surface area contributed by atoms with Gasteiger partial charge in [-0.3, -0.25) is 4.21 Å². The number of hydrogen-bond donors (Lipinski definition) is 1. The number of hydrogen-bond acceptors (Lipinski definition) is 2. The Labute approximate surface area is 111 Å². The Bertz CT molecular complexity index is 382. The minimum atomic E-state index is -1.02. The fourth-order valence-electron chi connectivity index (χ4n) is 1.64. The SMILES string of the molecule is CCCCCCCS(=O)c1cc(N)ccc1Cl. The van der Waals surface area contributed by atoms with Crippen molar-refractivity contribution in [2.75, 3.05) is 11.5 Å². The van der Waals surface area contributed by atoms with Gasteiger partial charge in [0.25, 0.3) is 0 Å². The highest BCUT2D eigenvalue weighted by Gasteiger charge is 2.08. The Morgan fingerprint density at radius 3 is 2.65 bits per heavy atom. The first kappa shape index (κ1) is 14.5. The molecule has 0 aromatic heterocycles. The first-order valence-corrected chi connectivity index (χ1v) is 7.78. The van der Waals surface area contributed by atoms with E-state index < -0.39 is 10.8 Å². The van der Waals surface area contributed by atoms with Crippen molar-refractivity contribution in [3.05, 3.63) is 23.2 Å². The van der Waals surface area contributed by atoms with Crippen LogP contribution < -0.4 is 5.73 Å². The second kappa shape index (κ2) is 7.72. The molecule has 2 nitrogen and oxygen atoms in total. The average Bonchev–Trinajstić information content (AvgIpc) is 2.32. The normalized spacial score (nSPS) is 12.6. The zero-order valence-corrected chi connectivity index (χ0v) is 11.8. The summed E-state index contributed by atoms with van der Waals surface area (Å²) < 4.78 is 12.0. The molecule has 0 bridgehead atoms. The van der Waals surface area contributed by atoms with Crippen LogP contribution in [0, 0.1) is 0 Å². The smallest absolute Gasteiger partial charge is 0.0594 e. The quantitative estimate of drug-likeness (QED) is 0.603. The van der Waals surface area contributed by atoms with Gasteiger partial charge in [0, 0.05) is 11.4 Å². The van der Waals surface area contributed by atoms with Gasteiger partial charge in [-0.1, -0.05) is 44.2 Å². The predicted octanol–water partition coefficient (Wildman–Crippen LogP) is 4.00. The van der Waals surface area contributed by atoms with Crippen molar-refractivity contribution in [1.29, 1.82) is 0 Å². The fraction of sp³-hybridized carbons (Fsp3) is 0.538. The van der Waals surface area contributed by atoms with E-state index in [0.717, 1.165) is 12.8 Å². The van der Waals surface area contributed by atoms with E-state index in [0.29, 0.717) is 21.4 Å². The van der Waals surface area contributed by atoms with Crippen LogP contribution in [0.1, 0.15) is 39.0 Å². The summed E-state index contributed by atoms with van der Waals surface area (Å²) in [5.41, 5.74) is 6.28. The summed E-state index contributed by atoms with van der Waals surface area (Å²) in [5, 5.41) is 0.547. The maximum Gasteiger partial charge on any atom is 0.0594 e. The lowest BCUT2D eigenvalue weighted by molar-refractivity contribution is 0.647. The van der Waals surface area contributed by atoms with Gasteiger partial charge in [-0.2, -0.15) is 0 Å². The summed E-state index contributed by atoms with van der Waals surface area (Å²) in [4.78, 5) is 0.669. The van der Waals surface area contributed by atoms with Crippen LogP contribution in [0.4, 0.5) is 5.69 Å². The summed E-state index contributed by atoms with van der Waals surface area (Å²) in [7, 11) is -1.02. The van der Waals surface area contributed by atoms with Crippen LogP contribution in [-0.4, -0.2) is 9.96 Å². The molecule has 1 rings (SSSR count). The molecule has 0 aliphatic carbocycles. The number of halogens is 1. The maximum atomic E-state index is 12.0. The van der Waals surface area contributed by atoms with Gasteiger partial charge in [-0.05, 0) is 24.6 Å². The van der Waals surface area contributed by atoms with Crippen LogP contribution >= 0.6 is 11.6 Å². The van der Waals surface area contributed by atoms with Crippen LogP contribution in [0.25, 0.3) is 0 Å². The number of benzene rings is 1. The highest BCUT2D eigenvalue weighted by molar-refractivity contribution is 7.85. The van der Waals surface area contributed by atoms with Gasteiger partial charge >= 0.3 is 0 Å². The van der Waals surface area contributed by atoms with Crippen molar-refractivity contribution in [2.24, 2.45) is 0 Å². The van der Waals surface area contributed by atoms with Gasteiger partial charge < -0.3 is 5.73 Å². The molecule has 1 unspecified atom stereocenters. The molecule has 0 aliphatic heterocycles. The lowest BCUT2D eigenvalue weighted by atomic mass is 10.2. The second-order valence-corrected chi connectivity index (χ2v) is 6.10. The van der Waals surface area contributed by atoms with Gasteiger partial charge in [0.2, 0.25) is 0 Å². The highest BCUT2D eigenvalue weighted by Crippen LogP contribution is 2.23. The van der Waals surface area contributed by atoms with Crippen molar-refractivity contribution in [1.82, 2.24) is 0 Å². The summed E-state index contributed by atoms with van der Waals surface area (Å²) in [6.07, 6.45) is 5.82. The lowest BCUT2D eigenvalue weighted by Crippen LogP contribution is -2.00. The van der Waals surface area contributed by atoms with Crippen LogP contribution in [0.5, 0.6) is 0 Å². The van der Waals surface area contributed by atoms with Crippen molar-refractivity contribution < 1.29 is 4.21 Å². The van der Waals surface area contributed by atoms with Gasteiger partial charge in [0.05, 0.1) is 20.7 Å². The summed E-state index contributed by atoms with van der Waals surface area (Å²) >= 11 is 6.01. The van der Waals surface area contributed by atoms with Crippen molar-refractivity contribution in [2.45, 2.75) is 43.9 Å². The number of anilines is 1. The maximum absolute atomic E-state index is 12.0. The van der Waals surface area contributed by atoms with Crippen LogP contribution in [0.3, 0.4) is 0 Å². The molecule has 0 spiro atoms. The van der Waals surface area contributed by atoms with Gasteiger partial charge in [-0.15, -0.1) is 0 Å². The predicted molar refractivity (Wildman–Crippen MR) is 75.9 cm³/mol. The largest absolute Gasteiger partial charge is 0.399 e. The molecule has 0 radical (unpaired) electrons. The van der Waals surface area contributed by atoms with E-state index in [9.17, 15) is 4.21 Å². The fourth-order valence-corrected chi connectivity index (χ4v) is 3.26. The average molecular weight is 274 g/mol. The third-order valence-electron chi connectivity index (χ3n) is 2.63. The van der Waals surface area contributed by atoms with Crippen LogP contribution in [0.15, 0.2) is 23.1 Å². The molecule has 0 aliphatic rings. The van der Waals surface area contributed by atoms with E-state index in [1.807, 2.05) is 0 Å². The Balaban J connectivity index is 2.44. The first-order chi connectivity index (χ1) is 8.15. The Hall–Kier alpha value is -0.540. The zero-order valence-electron chi connectivity index (χ0n) is 10.2. The van der Waals surface area contributed by atoms with Crippen LogP contribution in [0.2, 0.25) is 5.02 Å². The number of nitrogens with two attached hydrogens (primary N) is 1. The van der Waals surface area contributed by atoms with E-state index in [1.165, 1.54) is 19.3 Å². The molecule has 0 heterocycles. The number of unbranched alkanes of at least 4 members (excludes halogenated alkanes) is 4. The van der Waals surface area contributed by atoms with Gasteiger partial charge in [0.15, 0.2) is 0 Å². The molecule has 2 N–H and O–H groups in total. The number of nitrogen functional groups attached to an aromatic ring is 1. The summed E-state index contributed by atoms with van der Waals surface area (Å²) in [6, 6.07) is 5.15. The molecule has 1 aromatic rings. The zero-order chi connectivity index (χ0) is 12.7. The molecule has 96 valence electrons. The van der Waals surface area contributed by atoms with E-state index >= 15 is 0 Å². The molecule has 4 heteroatoms. The summed E-state index contributed by atoms with van der Waals surface area (Å²) in [5.74, 6) is 0.673. The number of rotatable bonds is 7. The van der Waals surface area contributed by atoms with E-state index in [1.54, 1.807) is 18.2 Å². The second-order valence-electron chi connectivity index (χ2n) is 4.15. The lowest BCUT2D eigenvalue weighted by Gasteiger charge is -2.05. The Morgan fingerprint density at radius 2 is 1.94 bits per heavy atom. The van der Waals surface area contributed by atoms with Crippen LogP contribution in [-0.2, 0) is 10.8 Å². The molecule has 1 atom stereocenters. The molecule has 1 aromatic carbocycles. The van der Waals surface area contributed by atoms with E-state index in [4.69, 9.17) is 17.3 Å². The van der Waals surface area contributed by atoms with Crippen molar-refractivity contribution >= 4 is 28.1 Å². The third kappa shape index (κ3) is 5.09.